The maximum Gasteiger partial charge on any atom is 0.271 e. The van der Waals surface area contributed by atoms with Gasteiger partial charge in [0.2, 0.25) is 0 Å². The Labute approximate surface area is 163 Å². The molecule has 5 heteroatoms. The van der Waals surface area contributed by atoms with Gasteiger partial charge in [0.25, 0.3) is 5.91 Å². The minimum absolute atomic E-state index is 0.249. The van der Waals surface area contributed by atoms with E-state index in [0.717, 1.165) is 16.7 Å². The molecule has 0 aliphatic heterocycles. The second-order valence-corrected chi connectivity index (χ2v) is 6.43. The van der Waals surface area contributed by atoms with Crippen LogP contribution in [-0.2, 0) is 6.61 Å². The van der Waals surface area contributed by atoms with Crippen LogP contribution in [0.5, 0.6) is 5.75 Å². The minimum atomic E-state index is -0.249. The van der Waals surface area contributed by atoms with Gasteiger partial charge in [-0.2, -0.15) is 5.10 Å². The summed E-state index contributed by atoms with van der Waals surface area (Å²) < 4.78 is 5.79. The molecule has 136 valence electrons. The predicted octanol–water partition coefficient (Wildman–Crippen LogP) is 4.99. The Morgan fingerprint density at radius 3 is 2.70 bits per heavy atom. The molecule has 0 atom stereocenters. The second kappa shape index (κ2) is 9.01. The first kappa shape index (κ1) is 18.7. The van der Waals surface area contributed by atoms with E-state index in [4.69, 9.17) is 16.3 Å². The number of benzene rings is 3. The van der Waals surface area contributed by atoms with Gasteiger partial charge in [0.1, 0.15) is 12.4 Å². The average Bonchev–Trinajstić information content (AvgIpc) is 2.68. The van der Waals surface area contributed by atoms with E-state index in [1.807, 2.05) is 73.7 Å². The van der Waals surface area contributed by atoms with Gasteiger partial charge in [-0.25, -0.2) is 5.43 Å². The number of hydrogen-bond acceptors (Lipinski definition) is 3. The molecular weight excluding hydrogens is 360 g/mol. The van der Waals surface area contributed by atoms with E-state index >= 15 is 0 Å². The third-order valence-corrected chi connectivity index (χ3v) is 4.24. The molecule has 0 spiro atoms. The molecule has 0 fully saturated rings. The third kappa shape index (κ3) is 5.43. The molecule has 0 bridgehead atoms. The number of carbonyl (C=O) groups is 1. The molecule has 0 saturated carbocycles. The summed E-state index contributed by atoms with van der Waals surface area (Å²) in [7, 11) is 0. The molecule has 0 radical (unpaired) electrons. The fraction of sp³-hybridized carbons (Fsp3) is 0.0909. The fourth-order valence-electron chi connectivity index (χ4n) is 2.48. The van der Waals surface area contributed by atoms with Gasteiger partial charge in [0.15, 0.2) is 0 Å². The van der Waals surface area contributed by atoms with Gasteiger partial charge < -0.3 is 4.74 Å². The largest absolute Gasteiger partial charge is 0.489 e. The highest BCUT2D eigenvalue weighted by atomic mass is 35.5. The smallest absolute Gasteiger partial charge is 0.271 e. The molecule has 0 aromatic heterocycles. The number of hydrogen-bond donors (Lipinski definition) is 1. The summed E-state index contributed by atoms with van der Waals surface area (Å²) in [5, 5.41) is 4.69. The summed E-state index contributed by atoms with van der Waals surface area (Å²) in [4.78, 5) is 12.1. The molecular formula is C22H19ClN2O2. The summed E-state index contributed by atoms with van der Waals surface area (Å²) >= 11 is 6.14. The van der Waals surface area contributed by atoms with Crippen LogP contribution in [0.1, 0.15) is 27.0 Å². The monoisotopic (exact) mass is 378 g/mol. The lowest BCUT2D eigenvalue weighted by atomic mass is 10.1. The van der Waals surface area contributed by atoms with Crippen LogP contribution >= 0.6 is 11.6 Å². The Hall–Kier alpha value is -3.11. The maximum absolute atomic E-state index is 12.1. The van der Waals surface area contributed by atoms with E-state index in [-0.39, 0.29) is 5.91 Å². The Bertz CT molecular complexity index is 970. The number of hydrazone groups is 1. The number of nitrogens with one attached hydrogen (secondary N) is 1. The highest BCUT2D eigenvalue weighted by Crippen LogP contribution is 2.19. The molecule has 0 saturated heterocycles. The van der Waals surface area contributed by atoms with Crippen LogP contribution in [0.4, 0.5) is 0 Å². The zero-order valence-corrected chi connectivity index (χ0v) is 15.6. The van der Waals surface area contributed by atoms with E-state index in [9.17, 15) is 4.79 Å². The SMILES string of the molecule is Cc1cccc(C(=O)N/N=C\c2cccc(OCc3ccccc3Cl)c2)c1. The number of nitrogens with zero attached hydrogens (tertiary/aromatic N) is 1. The van der Waals surface area contributed by atoms with Crippen LogP contribution in [0.3, 0.4) is 0 Å². The summed E-state index contributed by atoms with van der Waals surface area (Å²) in [6, 6.07) is 22.4. The number of amides is 1. The van der Waals surface area contributed by atoms with Crippen LogP contribution in [-0.4, -0.2) is 12.1 Å². The number of carbonyl (C=O) groups excluding carboxylic acids is 1. The van der Waals surface area contributed by atoms with Crippen molar-refractivity contribution in [2.45, 2.75) is 13.5 Å². The number of halogens is 1. The van der Waals surface area contributed by atoms with Crippen LogP contribution in [0.25, 0.3) is 0 Å². The molecule has 1 amide bonds. The zero-order chi connectivity index (χ0) is 19.1. The van der Waals surface area contributed by atoms with Crippen molar-refractivity contribution in [3.63, 3.8) is 0 Å². The summed E-state index contributed by atoms with van der Waals surface area (Å²) in [6.07, 6.45) is 1.58. The van der Waals surface area contributed by atoms with Gasteiger partial charge >= 0.3 is 0 Å². The molecule has 3 aromatic rings. The van der Waals surface area contributed by atoms with Crippen molar-refractivity contribution in [2.24, 2.45) is 5.10 Å². The van der Waals surface area contributed by atoms with Crippen LogP contribution in [0, 0.1) is 6.92 Å². The van der Waals surface area contributed by atoms with Crippen LogP contribution < -0.4 is 10.2 Å². The quantitative estimate of drug-likeness (QED) is 0.485. The van der Waals surface area contributed by atoms with Gasteiger partial charge in [-0.1, -0.05) is 59.6 Å². The molecule has 3 rings (SSSR count). The Morgan fingerprint density at radius 2 is 1.89 bits per heavy atom. The lowest BCUT2D eigenvalue weighted by molar-refractivity contribution is 0.0955. The molecule has 27 heavy (non-hydrogen) atoms. The van der Waals surface area contributed by atoms with E-state index in [2.05, 4.69) is 10.5 Å². The molecule has 0 heterocycles. The van der Waals surface area contributed by atoms with Crippen molar-refractivity contribution < 1.29 is 9.53 Å². The van der Waals surface area contributed by atoms with Crippen molar-refractivity contribution in [3.8, 4) is 5.75 Å². The Balaban J connectivity index is 1.59. The van der Waals surface area contributed by atoms with Crippen molar-refractivity contribution in [3.05, 3.63) is 100 Å². The summed E-state index contributed by atoms with van der Waals surface area (Å²) in [5.74, 6) is 0.449. The standard InChI is InChI=1S/C22H19ClN2O2/c1-16-6-4-9-18(12-16)22(26)25-24-14-17-7-5-10-20(13-17)27-15-19-8-2-3-11-21(19)23/h2-14H,15H2,1H3,(H,25,26)/b24-14-. The highest BCUT2D eigenvalue weighted by molar-refractivity contribution is 6.31. The first-order valence-corrected chi connectivity index (χ1v) is 8.86. The Kier molecular flexibility index (Phi) is 6.23. The van der Waals surface area contributed by atoms with Crippen molar-refractivity contribution in [2.75, 3.05) is 0 Å². The summed E-state index contributed by atoms with van der Waals surface area (Å²) in [5.41, 5.74) is 5.86. The summed E-state index contributed by atoms with van der Waals surface area (Å²) in [6.45, 7) is 2.32. The normalized spacial score (nSPS) is 10.7. The molecule has 4 nitrogen and oxygen atoms in total. The van der Waals surface area contributed by atoms with Crippen LogP contribution in [0.15, 0.2) is 77.9 Å². The third-order valence-electron chi connectivity index (χ3n) is 3.87. The van der Waals surface area contributed by atoms with Crippen molar-refractivity contribution in [1.29, 1.82) is 0 Å². The first-order chi connectivity index (χ1) is 13.1. The van der Waals surface area contributed by atoms with Crippen molar-refractivity contribution in [1.82, 2.24) is 5.43 Å². The van der Waals surface area contributed by atoms with E-state index in [1.54, 1.807) is 12.3 Å². The number of aryl methyl sites for hydroxylation is 1. The Morgan fingerprint density at radius 1 is 1.07 bits per heavy atom. The van der Waals surface area contributed by atoms with E-state index in [1.165, 1.54) is 0 Å². The fourth-order valence-corrected chi connectivity index (χ4v) is 2.67. The highest BCUT2D eigenvalue weighted by Gasteiger charge is 2.04. The predicted molar refractivity (Wildman–Crippen MR) is 108 cm³/mol. The first-order valence-electron chi connectivity index (χ1n) is 8.48. The molecule has 0 aliphatic carbocycles. The van der Waals surface area contributed by atoms with Gasteiger partial charge in [-0.15, -0.1) is 0 Å². The maximum atomic E-state index is 12.1. The van der Waals surface area contributed by atoms with Gasteiger partial charge in [0, 0.05) is 16.1 Å². The average molecular weight is 379 g/mol. The van der Waals surface area contributed by atoms with Gasteiger partial charge in [-0.05, 0) is 42.8 Å². The van der Waals surface area contributed by atoms with E-state index in [0.29, 0.717) is 22.9 Å². The molecule has 3 aromatic carbocycles. The lowest BCUT2D eigenvalue weighted by Crippen LogP contribution is -2.17. The topological polar surface area (TPSA) is 50.7 Å². The number of ether oxygens (including phenoxy) is 1. The second-order valence-electron chi connectivity index (χ2n) is 6.02. The van der Waals surface area contributed by atoms with Gasteiger partial charge in [-0.3, -0.25) is 4.79 Å². The lowest BCUT2D eigenvalue weighted by Gasteiger charge is -2.08. The van der Waals surface area contributed by atoms with Gasteiger partial charge in [0.05, 0.1) is 6.21 Å². The van der Waals surface area contributed by atoms with Crippen molar-refractivity contribution >= 4 is 23.7 Å². The zero-order valence-electron chi connectivity index (χ0n) is 14.9. The number of rotatable bonds is 6. The molecule has 0 aliphatic rings. The molecule has 0 unspecified atom stereocenters. The van der Waals surface area contributed by atoms with E-state index < -0.39 is 0 Å². The molecule has 1 N–H and O–H groups in total. The van der Waals surface area contributed by atoms with Crippen LogP contribution in [0.2, 0.25) is 5.02 Å². The minimum Gasteiger partial charge on any atom is -0.489 e.